The van der Waals surface area contributed by atoms with Crippen molar-refractivity contribution in [2.45, 2.75) is 13.0 Å². The number of nitrogens with zero attached hydrogens (tertiary/aromatic N) is 3. The van der Waals surface area contributed by atoms with Gasteiger partial charge in [-0.1, -0.05) is 18.2 Å². The first-order valence-electron chi connectivity index (χ1n) is 8.58. The second-order valence-corrected chi connectivity index (χ2v) is 7.63. The highest BCUT2D eigenvalue weighted by Crippen LogP contribution is 2.27. The maximum atomic E-state index is 13.5. The highest BCUT2D eigenvalue weighted by molar-refractivity contribution is 7.20. The van der Waals surface area contributed by atoms with E-state index in [1.54, 1.807) is 4.90 Å². The van der Waals surface area contributed by atoms with E-state index in [-0.39, 0.29) is 18.0 Å². The van der Waals surface area contributed by atoms with Crippen LogP contribution in [0.15, 0.2) is 53.5 Å². The number of hydrogen-bond donors (Lipinski definition) is 0. The topological polar surface area (TPSA) is 54.7 Å². The summed E-state index contributed by atoms with van der Waals surface area (Å²) in [6.45, 7) is 0.692. The van der Waals surface area contributed by atoms with Gasteiger partial charge in [-0.05, 0) is 29.7 Å². The van der Waals surface area contributed by atoms with Crippen LogP contribution in [0.1, 0.15) is 20.9 Å². The largest absolute Gasteiger partial charge is 0.333 e. The van der Waals surface area contributed by atoms with Gasteiger partial charge in [0.25, 0.3) is 11.5 Å². The third kappa shape index (κ3) is 2.62. The first kappa shape index (κ1) is 16.1. The molecule has 7 heteroatoms. The number of carbonyl (C=O) groups excluding carboxylic acids is 1. The van der Waals surface area contributed by atoms with E-state index in [1.807, 2.05) is 30.3 Å². The van der Waals surface area contributed by atoms with Crippen molar-refractivity contribution in [2.75, 3.05) is 6.54 Å². The zero-order valence-corrected chi connectivity index (χ0v) is 15.0. The molecule has 27 heavy (non-hydrogen) atoms. The lowest BCUT2D eigenvalue weighted by atomic mass is 10.1. The fourth-order valence-electron chi connectivity index (χ4n) is 3.49. The molecule has 0 atom stereocenters. The number of amides is 1. The summed E-state index contributed by atoms with van der Waals surface area (Å²) in [5, 5.41) is 1.03. The molecule has 1 aliphatic rings. The smallest absolute Gasteiger partial charge is 0.264 e. The van der Waals surface area contributed by atoms with E-state index < -0.39 is 5.82 Å². The van der Waals surface area contributed by atoms with Crippen LogP contribution in [0, 0.1) is 5.82 Å². The van der Waals surface area contributed by atoms with E-state index in [4.69, 9.17) is 0 Å². The number of hydrogen-bond acceptors (Lipinski definition) is 4. The van der Waals surface area contributed by atoms with Crippen molar-refractivity contribution in [1.29, 1.82) is 0 Å². The van der Waals surface area contributed by atoms with Crippen LogP contribution in [-0.2, 0) is 13.0 Å². The molecule has 1 aromatic carbocycles. The fourth-order valence-corrected chi connectivity index (χ4v) is 4.52. The quantitative estimate of drug-likeness (QED) is 0.510. The van der Waals surface area contributed by atoms with Gasteiger partial charge in [0.05, 0.1) is 22.7 Å². The molecule has 0 saturated carbocycles. The third-order valence-electron chi connectivity index (χ3n) is 4.86. The molecule has 0 saturated heterocycles. The van der Waals surface area contributed by atoms with Crippen LogP contribution in [0.5, 0.6) is 0 Å². The Hall–Kier alpha value is -3.06. The number of pyridine rings is 1. The Morgan fingerprint density at radius 1 is 1.19 bits per heavy atom. The van der Waals surface area contributed by atoms with Gasteiger partial charge in [0.2, 0.25) is 0 Å². The minimum atomic E-state index is -0.500. The molecule has 0 unspecified atom stereocenters. The molecule has 4 aromatic rings. The molecule has 0 bridgehead atoms. The van der Waals surface area contributed by atoms with Crippen molar-refractivity contribution >= 4 is 33.0 Å². The van der Waals surface area contributed by atoms with Crippen LogP contribution >= 0.6 is 11.3 Å². The second kappa shape index (κ2) is 5.99. The predicted molar refractivity (Wildman–Crippen MR) is 102 cm³/mol. The van der Waals surface area contributed by atoms with E-state index in [1.165, 1.54) is 27.9 Å². The number of aromatic nitrogens is 2. The number of rotatable bonds is 1. The van der Waals surface area contributed by atoms with Crippen LogP contribution in [0.25, 0.3) is 15.7 Å². The van der Waals surface area contributed by atoms with Crippen LogP contribution < -0.4 is 5.56 Å². The van der Waals surface area contributed by atoms with Crippen molar-refractivity contribution in [1.82, 2.24) is 14.3 Å². The van der Waals surface area contributed by atoms with Crippen molar-refractivity contribution in [3.8, 4) is 0 Å². The zero-order chi connectivity index (χ0) is 18.5. The van der Waals surface area contributed by atoms with Gasteiger partial charge in [-0.2, -0.15) is 0 Å². The Kier molecular flexibility index (Phi) is 3.58. The van der Waals surface area contributed by atoms with Gasteiger partial charge in [-0.25, -0.2) is 9.37 Å². The molecule has 1 aliphatic heterocycles. The molecule has 0 fully saturated rings. The summed E-state index contributed by atoms with van der Waals surface area (Å²) < 4.78 is 15.8. The van der Waals surface area contributed by atoms with Crippen LogP contribution in [0.3, 0.4) is 0 Å². The van der Waals surface area contributed by atoms with Gasteiger partial charge in [-0.15, -0.1) is 11.3 Å². The number of thiophene rings is 1. The summed E-state index contributed by atoms with van der Waals surface area (Å²) in [6, 6.07) is 12.5. The Morgan fingerprint density at radius 2 is 2.04 bits per heavy atom. The molecular formula is C20H14FN3O2S. The minimum Gasteiger partial charge on any atom is -0.333 e. The summed E-state index contributed by atoms with van der Waals surface area (Å²) in [7, 11) is 0. The highest BCUT2D eigenvalue weighted by Gasteiger charge is 2.26. The molecule has 0 aliphatic carbocycles. The minimum absolute atomic E-state index is 0.0920. The molecular weight excluding hydrogens is 365 g/mol. The average molecular weight is 379 g/mol. The van der Waals surface area contributed by atoms with Crippen LogP contribution in [0.4, 0.5) is 4.39 Å². The normalized spacial score (nSPS) is 13.9. The standard InChI is InChI=1S/C20H14FN3O2S/c21-13-5-6-18-22-15-7-8-23(11-14(15)19(25)24(18)10-13)20(26)17-9-12-3-1-2-4-16(12)27-17/h1-6,9-10H,7-8,11H2. The molecule has 5 nitrogen and oxygen atoms in total. The molecule has 5 rings (SSSR count). The molecule has 0 N–H and O–H groups in total. The summed E-state index contributed by atoms with van der Waals surface area (Å²) in [4.78, 5) is 32.5. The third-order valence-corrected chi connectivity index (χ3v) is 5.96. The van der Waals surface area contributed by atoms with Crippen molar-refractivity contribution in [3.05, 3.63) is 81.0 Å². The number of benzene rings is 1. The lowest BCUT2D eigenvalue weighted by molar-refractivity contribution is 0.0737. The van der Waals surface area contributed by atoms with Gasteiger partial charge < -0.3 is 4.90 Å². The van der Waals surface area contributed by atoms with E-state index in [0.29, 0.717) is 34.7 Å². The van der Waals surface area contributed by atoms with Crippen molar-refractivity contribution in [2.24, 2.45) is 0 Å². The average Bonchev–Trinajstić information content (AvgIpc) is 3.12. The van der Waals surface area contributed by atoms with Gasteiger partial charge in [0.15, 0.2) is 0 Å². The van der Waals surface area contributed by atoms with E-state index >= 15 is 0 Å². The van der Waals surface area contributed by atoms with Gasteiger partial charge in [0.1, 0.15) is 11.5 Å². The Morgan fingerprint density at radius 3 is 2.89 bits per heavy atom. The zero-order valence-electron chi connectivity index (χ0n) is 14.2. The molecule has 0 spiro atoms. The highest BCUT2D eigenvalue weighted by atomic mass is 32.1. The molecule has 0 radical (unpaired) electrons. The van der Waals surface area contributed by atoms with Crippen LogP contribution in [0.2, 0.25) is 0 Å². The summed E-state index contributed by atoms with van der Waals surface area (Å²) in [5.74, 6) is -0.592. The van der Waals surface area contributed by atoms with Crippen molar-refractivity contribution < 1.29 is 9.18 Å². The molecule has 4 heterocycles. The van der Waals surface area contributed by atoms with Crippen LogP contribution in [-0.4, -0.2) is 26.7 Å². The van der Waals surface area contributed by atoms with E-state index in [9.17, 15) is 14.0 Å². The SMILES string of the molecule is O=C(c1cc2ccccc2s1)N1CCc2nc3ccc(F)cn3c(=O)c2C1. The van der Waals surface area contributed by atoms with Gasteiger partial charge in [-0.3, -0.25) is 14.0 Å². The lowest BCUT2D eigenvalue weighted by Gasteiger charge is -2.27. The number of fused-ring (bicyclic) bond motifs is 3. The Labute approximate surface area is 157 Å². The monoisotopic (exact) mass is 379 g/mol. The van der Waals surface area contributed by atoms with Gasteiger partial charge in [0, 0.05) is 23.9 Å². The van der Waals surface area contributed by atoms with Crippen molar-refractivity contribution in [3.63, 3.8) is 0 Å². The Balaban J connectivity index is 1.53. The molecule has 3 aromatic heterocycles. The summed E-state index contributed by atoms with van der Waals surface area (Å²) in [6.07, 6.45) is 1.65. The predicted octanol–water partition coefficient (Wildman–Crippen LogP) is 3.25. The summed E-state index contributed by atoms with van der Waals surface area (Å²) in [5.41, 5.74) is 1.25. The molecule has 1 amide bonds. The summed E-state index contributed by atoms with van der Waals surface area (Å²) >= 11 is 1.45. The lowest BCUT2D eigenvalue weighted by Crippen LogP contribution is -2.40. The fraction of sp³-hybridized carbons (Fsp3) is 0.150. The number of halogens is 1. The van der Waals surface area contributed by atoms with E-state index in [2.05, 4.69) is 4.98 Å². The first-order chi connectivity index (χ1) is 13.1. The number of carbonyl (C=O) groups is 1. The second-order valence-electron chi connectivity index (χ2n) is 6.54. The maximum absolute atomic E-state index is 13.5. The van der Waals surface area contributed by atoms with Gasteiger partial charge >= 0.3 is 0 Å². The first-order valence-corrected chi connectivity index (χ1v) is 9.39. The Bertz CT molecular complexity index is 1240. The van der Waals surface area contributed by atoms with E-state index in [0.717, 1.165) is 16.3 Å². The maximum Gasteiger partial charge on any atom is 0.264 e. The molecule has 134 valence electrons.